The van der Waals surface area contributed by atoms with Gasteiger partial charge in [-0.05, 0) is 31.0 Å². The number of hydrogen-bond acceptors (Lipinski definition) is 3. The zero-order valence-corrected chi connectivity index (χ0v) is 13.3. The third-order valence-electron chi connectivity index (χ3n) is 3.84. The van der Waals surface area contributed by atoms with E-state index in [1.807, 2.05) is 31.3 Å². The smallest absolute Gasteiger partial charge is 0.236 e. The van der Waals surface area contributed by atoms with Crippen LogP contribution in [0.25, 0.3) is 0 Å². The lowest BCUT2D eigenvalue weighted by Crippen LogP contribution is -2.41. The first kappa shape index (κ1) is 15.5. The topological polar surface area (TPSA) is 43.8 Å². The average molecular weight is 341 g/mol. The monoisotopic (exact) mass is 340 g/mol. The summed E-state index contributed by atoms with van der Waals surface area (Å²) in [6, 6.07) is 8.08. The van der Waals surface area contributed by atoms with E-state index in [0.29, 0.717) is 13.1 Å². The predicted molar refractivity (Wildman–Crippen MR) is 82.3 cm³/mol. The number of carbonyl (C=O) groups is 1. The van der Waals surface area contributed by atoms with Crippen LogP contribution in [0.3, 0.4) is 0 Å². The third kappa shape index (κ3) is 3.81. The highest BCUT2D eigenvalue weighted by Crippen LogP contribution is 2.19. The molecule has 0 aromatic heterocycles. The number of nitrogens with zero attached hydrogens (tertiary/aromatic N) is 2. The third-order valence-corrected chi connectivity index (χ3v) is 4.61. The Morgan fingerprint density at radius 1 is 1.50 bits per heavy atom. The molecular weight excluding hydrogens is 320 g/mol. The van der Waals surface area contributed by atoms with Gasteiger partial charge in [-0.25, -0.2) is 0 Å². The molecule has 0 bridgehead atoms. The Morgan fingerprint density at radius 2 is 2.25 bits per heavy atom. The van der Waals surface area contributed by atoms with Gasteiger partial charge < -0.3 is 10.0 Å². The van der Waals surface area contributed by atoms with E-state index in [1.54, 1.807) is 4.90 Å². The van der Waals surface area contributed by atoms with Crippen molar-refractivity contribution in [3.63, 3.8) is 0 Å². The predicted octanol–water partition coefficient (Wildman–Crippen LogP) is 1.86. The van der Waals surface area contributed by atoms with E-state index in [9.17, 15) is 9.90 Å². The molecule has 0 radical (unpaired) electrons. The normalized spacial score (nSPS) is 19.2. The lowest BCUT2D eigenvalue weighted by Gasteiger charge is -2.25. The minimum absolute atomic E-state index is 0.0982. The van der Waals surface area contributed by atoms with Crippen molar-refractivity contribution >= 4 is 21.8 Å². The Balaban J connectivity index is 1.91. The molecule has 4 nitrogen and oxygen atoms in total. The maximum Gasteiger partial charge on any atom is 0.236 e. The lowest BCUT2D eigenvalue weighted by atomic mass is 10.2. The molecule has 110 valence electrons. The number of carbonyl (C=O) groups excluding carboxylic acids is 1. The van der Waals surface area contributed by atoms with Gasteiger partial charge in [-0.1, -0.05) is 34.1 Å². The largest absolute Gasteiger partial charge is 0.395 e. The molecule has 20 heavy (non-hydrogen) atoms. The maximum absolute atomic E-state index is 12.3. The molecule has 1 aliphatic rings. The highest BCUT2D eigenvalue weighted by atomic mass is 79.9. The van der Waals surface area contributed by atoms with Crippen LogP contribution >= 0.6 is 15.9 Å². The Kier molecular flexibility index (Phi) is 5.57. The molecule has 0 spiro atoms. The second-order valence-electron chi connectivity index (χ2n) is 5.29. The van der Waals surface area contributed by atoms with Gasteiger partial charge in [0.25, 0.3) is 0 Å². The number of likely N-dealkylation sites (tertiary alicyclic amines) is 1. The van der Waals surface area contributed by atoms with Gasteiger partial charge in [-0.3, -0.25) is 9.69 Å². The molecule has 1 atom stereocenters. The van der Waals surface area contributed by atoms with Crippen molar-refractivity contribution in [3.05, 3.63) is 34.3 Å². The number of aliphatic hydroxyl groups is 1. The number of rotatable bonds is 5. The van der Waals surface area contributed by atoms with Gasteiger partial charge in [0.1, 0.15) is 0 Å². The van der Waals surface area contributed by atoms with Crippen LogP contribution in [0, 0.1) is 0 Å². The number of benzene rings is 1. The number of halogens is 1. The first-order chi connectivity index (χ1) is 9.61. The zero-order chi connectivity index (χ0) is 14.5. The van der Waals surface area contributed by atoms with Crippen LogP contribution < -0.4 is 0 Å². The molecule has 0 saturated carbocycles. The first-order valence-electron chi connectivity index (χ1n) is 6.94. The van der Waals surface area contributed by atoms with Crippen molar-refractivity contribution in [3.8, 4) is 0 Å². The van der Waals surface area contributed by atoms with Gasteiger partial charge in [-0.2, -0.15) is 0 Å². The summed E-state index contributed by atoms with van der Waals surface area (Å²) in [6.07, 6.45) is 2.05. The van der Waals surface area contributed by atoms with Crippen LogP contribution in [0.1, 0.15) is 18.4 Å². The van der Waals surface area contributed by atoms with Gasteiger partial charge in [0.05, 0.1) is 13.2 Å². The molecule has 1 aromatic carbocycles. The summed E-state index contributed by atoms with van der Waals surface area (Å²) in [5.74, 6) is 0.0982. The quantitative estimate of drug-likeness (QED) is 0.889. The van der Waals surface area contributed by atoms with Crippen molar-refractivity contribution < 1.29 is 9.90 Å². The lowest BCUT2D eigenvalue weighted by molar-refractivity contribution is -0.132. The molecule has 1 N–H and O–H groups in total. The van der Waals surface area contributed by atoms with Crippen LogP contribution in [0.4, 0.5) is 0 Å². The van der Waals surface area contributed by atoms with Gasteiger partial charge in [0.2, 0.25) is 5.91 Å². The summed E-state index contributed by atoms with van der Waals surface area (Å²) >= 11 is 3.50. The SMILES string of the molecule is CN(Cc1ccccc1Br)C(=O)CN1CCC[C@H]1CO. The molecule has 1 heterocycles. The van der Waals surface area contributed by atoms with Crippen LogP contribution in [-0.4, -0.2) is 53.6 Å². The zero-order valence-electron chi connectivity index (χ0n) is 11.8. The van der Waals surface area contributed by atoms with E-state index in [-0.39, 0.29) is 18.6 Å². The van der Waals surface area contributed by atoms with E-state index in [1.165, 1.54) is 0 Å². The maximum atomic E-state index is 12.3. The van der Waals surface area contributed by atoms with Crippen molar-refractivity contribution in [2.24, 2.45) is 0 Å². The van der Waals surface area contributed by atoms with E-state index in [2.05, 4.69) is 20.8 Å². The molecule has 1 saturated heterocycles. The van der Waals surface area contributed by atoms with E-state index in [0.717, 1.165) is 29.4 Å². The fourth-order valence-electron chi connectivity index (χ4n) is 2.57. The summed E-state index contributed by atoms with van der Waals surface area (Å²) in [5.41, 5.74) is 1.10. The van der Waals surface area contributed by atoms with Crippen LogP contribution in [-0.2, 0) is 11.3 Å². The second-order valence-corrected chi connectivity index (χ2v) is 6.14. The number of hydrogen-bond donors (Lipinski definition) is 1. The summed E-state index contributed by atoms with van der Waals surface area (Å²) in [6.45, 7) is 2.03. The number of aliphatic hydroxyl groups excluding tert-OH is 1. The molecule has 0 unspecified atom stereocenters. The Bertz CT molecular complexity index is 467. The summed E-state index contributed by atoms with van der Waals surface area (Å²) in [4.78, 5) is 16.1. The van der Waals surface area contributed by atoms with Crippen molar-refractivity contribution in [2.45, 2.75) is 25.4 Å². The van der Waals surface area contributed by atoms with Crippen LogP contribution in [0.5, 0.6) is 0 Å². The van der Waals surface area contributed by atoms with Gasteiger partial charge >= 0.3 is 0 Å². The molecule has 0 aliphatic carbocycles. The van der Waals surface area contributed by atoms with Crippen LogP contribution in [0.2, 0.25) is 0 Å². The average Bonchev–Trinajstić information content (AvgIpc) is 2.88. The minimum Gasteiger partial charge on any atom is -0.395 e. The fraction of sp³-hybridized carbons (Fsp3) is 0.533. The summed E-state index contributed by atoms with van der Waals surface area (Å²) < 4.78 is 1.02. The molecule has 1 aliphatic heterocycles. The van der Waals surface area contributed by atoms with Gasteiger partial charge in [-0.15, -0.1) is 0 Å². The Labute approximate surface area is 128 Å². The van der Waals surface area contributed by atoms with E-state index < -0.39 is 0 Å². The van der Waals surface area contributed by atoms with Crippen molar-refractivity contribution in [1.29, 1.82) is 0 Å². The molecule has 1 aromatic rings. The highest BCUT2D eigenvalue weighted by molar-refractivity contribution is 9.10. The van der Waals surface area contributed by atoms with Crippen molar-refractivity contribution in [2.75, 3.05) is 26.7 Å². The Hall–Kier alpha value is -0.910. The summed E-state index contributed by atoms with van der Waals surface area (Å²) in [5, 5.41) is 9.29. The molecule has 5 heteroatoms. The molecular formula is C15H21BrN2O2. The minimum atomic E-state index is 0.0982. The molecule has 1 amide bonds. The number of amides is 1. The van der Waals surface area contributed by atoms with Crippen molar-refractivity contribution in [1.82, 2.24) is 9.80 Å². The standard InChI is InChI=1S/C15H21BrN2O2/c1-17(9-12-5-2-3-7-14(12)16)15(20)10-18-8-4-6-13(18)11-19/h2-3,5,7,13,19H,4,6,8-11H2,1H3/t13-/m0/s1. The number of likely N-dealkylation sites (N-methyl/N-ethyl adjacent to an activating group) is 1. The molecule has 2 rings (SSSR count). The Morgan fingerprint density at radius 3 is 2.95 bits per heavy atom. The first-order valence-corrected chi connectivity index (χ1v) is 7.73. The van der Waals surface area contributed by atoms with Gasteiger partial charge in [0, 0.05) is 24.1 Å². The molecule has 1 fully saturated rings. The van der Waals surface area contributed by atoms with E-state index >= 15 is 0 Å². The second kappa shape index (κ2) is 7.20. The highest BCUT2D eigenvalue weighted by Gasteiger charge is 2.26. The van der Waals surface area contributed by atoms with E-state index in [4.69, 9.17) is 0 Å². The summed E-state index contributed by atoms with van der Waals surface area (Å²) in [7, 11) is 1.83. The fourth-order valence-corrected chi connectivity index (χ4v) is 2.98. The van der Waals surface area contributed by atoms with Gasteiger partial charge in [0.15, 0.2) is 0 Å². The van der Waals surface area contributed by atoms with Crippen LogP contribution in [0.15, 0.2) is 28.7 Å².